The summed E-state index contributed by atoms with van der Waals surface area (Å²) in [5, 5.41) is -0.298. The Kier molecular flexibility index (Phi) is 7.60. The molecule has 0 N–H and O–H groups in total. The molecule has 22 heavy (non-hydrogen) atoms. The van der Waals surface area contributed by atoms with E-state index in [1.165, 1.54) is 16.7 Å². The molecule has 4 nitrogen and oxygen atoms in total. The van der Waals surface area contributed by atoms with Gasteiger partial charge in [0, 0.05) is 30.6 Å². The molecule has 0 bridgehead atoms. The van der Waals surface area contributed by atoms with Crippen LogP contribution in [0.5, 0.6) is 0 Å². The van der Waals surface area contributed by atoms with Gasteiger partial charge in [-0.15, -0.1) is 11.8 Å². The number of carbonyl (C=O) groups excluding carboxylic acids is 3. The van der Waals surface area contributed by atoms with Gasteiger partial charge in [0.2, 0.25) is 11.8 Å². The molecule has 1 fully saturated rings. The number of likely N-dealkylation sites (tertiary alicyclic amines) is 1. The molecular weight excluding hydrogens is 298 g/mol. The van der Waals surface area contributed by atoms with Crippen molar-refractivity contribution in [2.45, 2.75) is 59.1 Å². The number of thioether (sulfide) groups is 1. The molecule has 0 aromatic rings. The van der Waals surface area contributed by atoms with E-state index in [1.807, 2.05) is 20.8 Å². The molecule has 2 atom stereocenters. The minimum absolute atomic E-state index is 0.0156. The minimum Gasteiger partial charge on any atom is -0.299 e. The molecule has 0 aliphatic carbocycles. The third kappa shape index (κ3) is 5.11. The SMILES string of the molecule is CCCN1C(=O)CC(SC[C@H](CC(C)C)C(=O)C(C)C)C1=O. The van der Waals surface area contributed by atoms with E-state index in [9.17, 15) is 14.4 Å². The van der Waals surface area contributed by atoms with Crippen molar-refractivity contribution >= 4 is 29.4 Å². The van der Waals surface area contributed by atoms with Gasteiger partial charge in [0.1, 0.15) is 5.78 Å². The molecular formula is C17H29NO3S. The van der Waals surface area contributed by atoms with E-state index in [-0.39, 0.29) is 41.1 Å². The highest BCUT2D eigenvalue weighted by Crippen LogP contribution is 2.29. The van der Waals surface area contributed by atoms with Gasteiger partial charge in [-0.2, -0.15) is 0 Å². The molecule has 0 aromatic carbocycles. The van der Waals surface area contributed by atoms with Crippen LogP contribution in [0.2, 0.25) is 0 Å². The van der Waals surface area contributed by atoms with Crippen LogP contribution in [0.15, 0.2) is 0 Å². The summed E-state index contributed by atoms with van der Waals surface area (Å²) in [5.74, 6) is 1.21. The molecule has 1 aliphatic rings. The summed E-state index contributed by atoms with van der Waals surface area (Å²) in [6.45, 7) is 10.5. The lowest BCUT2D eigenvalue weighted by Gasteiger charge is -2.21. The van der Waals surface area contributed by atoms with Crippen molar-refractivity contribution in [2.75, 3.05) is 12.3 Å². The second-order valence-electron chi connectivity index (χ2n) is 6.79. The monoisotopic (exact) mass is 327 g/mol. The normalized spacial score (nSPS) is 20.3. The van der Waals surface area contributed by atoms with Crippen LogP contribution in [-0.4, -0.2) is 40.0 Å². The van der Waals surface area contributed by atoms with Crippen molar-refractivity contribution in [3.63, 3.8) is 0 Å². The van der Waals surface area contributed by atoms with Crippen molar-refractivity contribution in [1.82, 2.24) is 4.90 Å². The van der Waals surface area contributed by atoms with Gasteiger partial charge in [0.25, 0.3) is 0 Å². The average molecular weight is 327 g/mol. The van der Waals surface area contributed by atoms with Gasteiger partial charge >= 0.3 is 0 Å². The van der Waals surface area contributed by atoms with Crippen molar-refractivity contribution < 1.29 is 14.4 Å². The third-order valence-electron chi connectivity index (χ3n) is 3.88. The molecule has 1 unspecified atom stereocenters. The summed E-state index contributed by atoms with van der Waals surface area (Å²) in [6.07, 6.45) is 1.92. The number of ketones is 1. The summed E-state index contributed by atoms with van der Waals surface area (Å²) < 4.78 is 0. The Morgan fingerprint density at radius 3 is 2.41 bits per heavy atom. The number of hydrogen-bond donors (Lipinski definition) is 0. The van der Waals surface area contributed by atoms with Crippen LogP contribution in [0.25, 0.3) is 0 Å². The first kappa shape index (κ1) is 19.2. The highest BCUT2D eigenvalue weighted by atomic mass is 32.2. The van der Waals surface area contributed by atoms with Crippen LogP contribution < -0.4 is 0 Å². The Hall–Kier alpha value is -0.840. The first-order valence-corrected chi connectivity index (χ1v) is 9.32. The van der Waals surface area contributed by atoms with E-state index in [0.29, 0.717) is 18.2 Å². The van der Waals surface area contributed by atoms with Gasteiger partial charge in [-0.1, -0.05) is 34.6 Å². The predicted molar refractivity (Wildman–Crippen MR) is 90.7 cm³/mol. The van der Waals surface area contributed by atoms with Crippen LogP contribution in [0.4, 0.5) is 0 Å². The lowest BCUT2D eigenvalue weighted by atomic mass is 9.89. The lowest BCUT2D eigenvalue weighted by molar-refractivity contribution is -0.138. The third-order valence-corrected chi connectivity index (χ3v) is 5.24. The van der Waals surface area contributed by atoms with Gasteiger partial charge < -0.3 is 0 Å². The maximum atomic E-state index is 12.3. The van der Waals surface area contributed by atoms with E-state index in [2.05, 4.69) is 13.8 Å². The maximum Gasteiger partial charge on any atom is 0.242 e. The van der Waals surface area contributed by atoms with Crippen LogP contribution in [0.3, 0.4) is 0 Å². The molecule has 1 heterocycles. The van der Waals surface area contributed by atoms with Gasteiger partial charge in [0.05, 0.1) is 5.25 Å². The fourth-order valence-electron chi connectivity index (χ4n) is 2.78. The van der Waals surface area contributed by atoms with Crippen LogP contribution in [0, 0.1) is 17.8 Å². The molecule has 1 aliphatic heterocycles. The lowest BCUT2D eigenvalue weighted by Crippen LogP contribution is -2.32. The van der Waals surface area contributed by atoms with Gasteiger partial charge in [-0.3, -0.25) is 19.3 Å². The van der Waals surface area contributed by atoms with E-state index in [4.69, 9.17) is 0 Å². The van der Waals surface area contributed by atoms with Crippen LogP contribution in [0.1, 0.15) is 53.9 Å². The maximum absolute atomic E-state index is 12.3. The topological polar surface area (TPSA) is 54.5 Å². The standard InChI is InChI=1S/C17H29NO3S/c1-6-7-18-15(19)9-14(17(18)21)22-10-13(8-11(2)3)16(20)12(4)5/h11-14H,6-10H2,1-5H3/t13-,14?/m0/s1. The average Bonchev–Trinajstić information content (AvgIpc) is 2.70. The molecule has 2 amide bonds. The Morgan fingerprint density at radius 1 is 1.27 bits per heavy atom. The molecule has 126 valence electrons. The number of amides is 2. The smallest absolute Gasteiger partial charge is 0.242 e. The highest BCUT2D eigenvalue weighted by Gasteiger charge is 2.38. The Bertz CT molecular complexity index is 420. The fourth-order valence-corrected chi connectivity index (χ4v) is 4.08. The number of rotatable bonds is 9. The van der Waals surface area contributed by atoms with E-state index in [0.717, 1.165) is 12.8 Å². The first-order valence-electron chi connectivity index (χ1n) is 8.27. The van der Waals surface area contributed by atoms with Crippen molar-refractivity contribution in [2.24, 2.45) is 17.8 Å². The van der Waals surface area contributed by atoms with Gasteiger partial charge in [-0.25, -0.2) is 0 Å². The second kappa shape index (κ2) is 8.70. The van der Waals surface area contributed by atoms with E-state index >= 15 is 0 Å². The molecule has 5 heteroatoms. The number of nitrogens with zero attached hydrogens (tertiary/aromatic N) is 1. The zero-order valence-electron chi connectivity index (χ0n) is 14.4. The Balaban J connectivity index is 2.63. The largest absolute Gasteiger partial charge is 0.299 e. The first-order chi connectivity index (χ1) is 10.3. The van der Waals surface area contributed by atoms with E-state index in [1.54, 1.807) is 0 Å². The fraction of sp³-hybridized carbons (Fsp3) is 0.824. The highest BCUT2D eigenvalue weighted by molar-refractivity contribution is 8.00. The zero-order valence-corrected chi connectivity index (χ0v) is 15.2. The summed E-state index contributed by atoms with van der Waals surface area (Å²) in [7, 11) is 0. The number of Topliss-reactive ketones (excluding diaryl/α,β-unsaturated/α-hetero) is 1. The number of hydrogen-bond acceptors (Lipinski definition) is 4. The molecule has 0 saturated carbocycles. The second-order valence-corrected chi connectivity index (χ2v) is 8.03. The summed E-state index contributed by atoms with van der Waals surface area (Å²) >= 11 is 1.49. The molecule has 0 radical (unpaired) electrons. The Labute approximate surface area is 138 Å². The van der Waals surface area contributed by atoms with Crippen molar-refractivity contribution in [3.05, 3.63) is 0 Å². The molecule has 0 spiro atoms. The van der Waals surface area contributed by atoms with Gasteiger partial charge in [-0.05, 0) is 18.8 Å². The summed E-state index contributed by atoms with van der Waals surface area (Å²) in [4.78, 5) is 37.8. The number of imide groups is 1. The molecule has 0 aromatic heterocycles. The van der Waals surface area contributed by atoms with Crippen LogP contribution >= 0.6 is 11.8 Å². The minimum atomic E-state index is -0.298. The van der Waals surface area contributed by atoms with Gasteiger partial charge in [0.15, 0.2) is 0 Å². The predicted octanol–water partition coefficient (Wildman–Crippen LogP) is 3.14. The summed E-state index contributed by atoms with van der Waals surface area (Å²) in [6, 6.07) is 0. The van der Waals surface area contributed by atoms with Crippen molar-refractivity contribution in [3.8, 4) is 0 Å². The van der Waals surface area contributed by atoms with E-state index < -0.39 is 0 Å². The quantitative estimate of drug-likeness (QED) is 0.611. The molecule has 1 saturated heterocycles. The van der Waals surface area contributed by atoms with Crippen molar-refractivity contribution in [1.29, 1.82) is 0 Å². The molecule has 1 rings (SSSR count). The Morgan fingerprint density at radius 2 is 1.91 bits per heavy atom. The van der Waals surface area contributed by atoms with Crippen LogP contribution in [-0.2, 0) is 14.4 Å². The number of carbonyl (C=O) groups is 3. The summed E-state index contributed by atoms with van der Waals surface area (Å²) in [5.41, 5.74) is 0. The zero-order chi connectivity index (χ0) is 16.9.